The lowest BCUT2D eigenvalue weighted by molar-refractivity contribution is -0.161. The second-order valence-electron chi connectivity index (χ2n) is 9.61. The average molecular weight is 379 g/mol. The van der Waals surface area contributed by atoms with E-state index in [9.17, 15) is 10.2 Å². The fourth-order valence-electron chi connectivity index (χ4n) is 4.72. The Morgan fingerprint density at radius 1 is 1.33 bits per heavy atom. The van der Waals surface area contributed by atoms with Crippen LogP contribution in [0.4, 0.5) is 0 Å². The summed E-state index contributed by atoms with van der Waals surface area (Å²) in [4.78, 5) is 2.17. The third-order valence-electron chi connectivity index (χ3n) is 8.08. The van der Waals surface area contributed by atoms with E-state index in [0.717, 1.165) is 13.0 Å². The van der Waals surface area contributed by atoms with E-state index in [1.807, 2.05) is 14.0 Å². The highest BCUT2D eigenvalue weighted by Gasteiger charge is 2.58. The lowest BCUT2D eigenvalue weighted by atomic mass is 9.49. The second kappa shape index (κ2) is 7.75. The summed E-state index contributed by atoms with van der Waals surface area (Å²) in [5, 5.41) is 22.6. The van der Waals surface area contributed by atoms with Crippen LogP contribution in [0.3, 0.4) is 0 Å². The molecule has 4 unspecified atom stereocenters. The number of benzene rings is 1. The van der Waals surface area contributed by atoms with Gasteiger partial charge < -0.3 is 15.1 Å². The van der Waals surface area contributed by atoms with E-state index >= 15 is 0 Å². The lowest BCUT2D eigenvalue weighted by Crippen LogP contribution is -2.62. The Hall–Kier alpha value is -1.06. The van der Waals surface area contributed by atoms with Gasteiger partial charge in [0.2, 0.25) is 0 Å². The number of hydrogen-bond donors (Lipinski definition) is 2. The molecule has 0 amide bonds. The van der Waals surface area contributed by atoms with Gasteiger partial charge in [-0.15, -0.1) is 0 Å². The Bertz CT molecular complexity index is 768. The van der Waals surface area contributed by atoms with Crippen molar-refractivity contribution >= 4 is 0 Å². The van der Waals surface area contributed by atoms with Crippen LogP contribution in [0.2, 0.25) is 0 Å². The minimum Gasteiger partial charge on any atom is -0.508 e. The van der Waals surface area contributed by atoms with Gasteiger partial charge in [-0.2, -0.15) is 0 Å². The van der Waals surface area contributed by atoms with Crippen LogP contribution in [-0.2, 0) is 5.41 Å². The topological polar surface area (TPSA) is 43.7 Å². The standard InChI is InChI=1S/C24H41NO2/c1-9-25(8)15-14-23(7,20-10-11-21(26)17(2)16-20)24(27)13-12-18(3)22(5,6)19(24)4/h10-11,16,18-19,26-27H,9,12-15H2,1-8H3/i10D,11D,16D. The van der Waals surface area contributed by atoms with Crippen LogP contribution in [-0.4, -0.2) is 40.9 Å². The van der Waals surface area contributed by atoms with E-state index in [0.29, 0.717) is 36.4 Å². The highest BCUT2D eigenvalue weighted by atomic mass is 16.3. The van der Waals surface area contributed by atoms with Crippen molar-refractivity contribution in [3.63, 3.8) is 0 Å². The van der Waals surface area contributed by atoms with Gasteiger partial charge in [-0.3, -0.25) is 0 Å². The molecule has 1 aliphatic rings. The fraction of sp³-hybridized carbons (Fsp3) is 0.750. The smallest absolute Gasteiger partial charge is 0.118 e. The van der Waals surface area contributed by atoms with Crippen molar-refractivity contribution in [1.29, 1.82) is 0 Å². The maximum atomic E-state index is 12.3. The molecule has 1 saturated carbocycles. The van der Waals surface area contributed by atoms with Gasteiger partial charge in [0.15, 0.2) is 0 Å². The molecule has 2 N–H and O–H groups in total. The average Bonchev–Trinajstić information content (AvgIpc) is 2.70. The highest BCUT2D eigenvalue weighted by Crippen LogP contribution is 2.57. The zero-order valence-electron chi connectivity index (χ0n) is 21.5. The van der Waals surface area contributed by atoms with Crippen LogP contribution in [0.5, 0.6) is 5.75 Å². The van der Waals surface area contributed by atoms with Crippen LogP contribution >= 0.6 is 0 Å². The van der Waals surface area contributed by atoms with Crippen LogP contribution in [0.15, 0.2) is 18.1 Å². The van der Waals surface area contributed by atoms with Crippen LogP contribution in [0.25, 0.3) is 0 Å². The molecule has 27 heavy (non-hydrogen) atoms. The quantitative estimate of drug-likeness (QED) is 0.722. The Morgan fingerprint density at radius 3 is 2.56 bits per heavy atom. The van der Waals surface area contributed by atoms with Gasteiger partial charge in [-0.25, -0.2) is 0 Å². The molecule has 3 heteroatoms. The van der Waals surface area contributed by atoms with Gasteiger partial charge in [0.25, 0.3) is 0 Å². The Morgan fingerprint density at radius 2 is 1.96 bits per heavy atom. The molecular weight excluding hydrogens is 334 g/mol. The molecule has 1 aliphatic carbocycles. The van der Waals surface area contributed by atoms with Gasteiger partial charge in [0.05, 0.1) is 9.71 Å². The Labute approximate surface area is 171 Å². The molecule has 1 aromatic rings. The lowest BCUT2D eigenvalue weighted by Gasteiger charge is -2.59. The molecule has 3 nitrogen and oxygen atoms in total. The first-order valence-electron chi connectivity index (χ1n) is 11.9. The van der Waals surface area contributed by atoms with Gasteiger partial charge in [0.1, 0.15) is 5.75 Å². The molecule has 0 aliphatic heterocycles. The monoisotopic (exact) mass is 378 g/mol. The zero-order valence-corrected chi connectivity index (χ0v) is 18.5. The van der Waals surface area contributed by atoms with Crippen molar-refractivity contribution in [1.82, 2.24) is 4.90 Å². The van der Waals surface area contributed by atoms with Crippen molar-refractivity contribution in [3.8, 4) is 5.75 Å². The number of phenols is 1. The predicted octanol–water partition coefficient (Wildman–Crippen LogP) is 5.12. The fourth-order valence-corrected chi connectivity index (χ4v) is 4.72. The minimum atomic E-state index is -1.13. The predicted molar refractivity (Wildman–Crippen MR) is 114 cm³/mol. The van der Waals surface area contributed by atoms with E-state index in [-0.39, 0.29) is 35.2 Å². The van der Waals surface area contributed by atoms with Crippen LogP contribution in [0.1, 0.15) is 76.0 Å². The number of rotatable bonds is 6. The first-order valence-corrected chi connectivity index (χ1v) is 10.4. The Kier molecular flexibility index (Phi) is 5.17. The molecule has 0 heterocycles. The summed E-state index contributed by atoms with van der Waals surface area (Å²) >= 11 is 0. The Balaban J connectivity index is 2.79. The number of hydrogen-bond acceptors (Lipinski definition) is 3. The number of nitrogens with zero attached hydrogens (tertiary/aromatic N) is 1. The van der Waals surface area contributed by atoms with Crippen molar-refractivity contribution < 1.29 is 14.3 Å². The van der Waals surface area contributed by atoms with Crippen molar-refractivity contribution in [2.24, 2.45) is 17.3 Å². The SMILES string of the molecule is [2H]c1c([2H])c(C(C)(CCN(C)CC)C2(O)CCC(C)C(C)(C)C2C)c([2H])c(C)c1O. The molecule has 0 saturated heterocycles. The number of aromatic hydroxyl groups is 1. The third kappa shape index (κ3) is 3.78. The van der Waals surface area contributed by atoms with E-state index in [1.54, 1.807) is 6.92 Å². The minimum absolute atomic E-state index is 0.0622. The molecule has 4 atom stereocenters. The van der Waals surface area contributed by atoms with Gasteiger partial charge in [-0.05, 0) is 80.7 Å². The molecule has 0 aromatic heterocycles. The first kappa shape index (κ1) is 18.0. The largest absolute Gasteiger partial charge is 0.508 e. The first-order chi connectivity index (χ1) is 13.7. The number of aliphatic hydroxyl groups is 1. The molecule has 0 spiro atoms. The van der Waals surface area contributed by atoms with E-state index in [2.05, 4.69) is 39.5 Å². The summed E-state index contributed by atoms with van der Waals surface area (Å²) in [6.07, 6.45) is 2.04. The van der Waals surface area contributed by atoms with Crippen molar-refractivity contribution in [3.05, 3.63) is 29.3 Å². The highest BCUT2D eigenvalue weighted by molar-refractivity contribution is 5.40. The number of phenolic OH excluding ortho intramolecular Hbond substituents is 1. The maximum absolute atomic E-state index is 12.3. The maximum Gasteiger partial charge on any atom is 0.118 e. The normalized spacial score (nSPS) is 31.9. The molecular formula is C24H41NO2. The van der Waals surface area contributed by atoms with Crippen molar-refractivity contribution in [2.75, 3.05) is 20.1 Å². The van der Waals surface area contributed by atoms with Gasteiger partial charge in [-0.1, -0.05) is 53.6 Å². The summed E-state index contributed by atoms with van der Waals surface area (Å²) in [5.41, 5.74) is -1.42. The van der Waals surface area contributed by atoms with E-state index in [1.165, 1.54) is 0 Å². The summed E-state index contributed by atoms with van der Waals surface area (Å²) in [6, 6.07) is -0.317. The summed E-state index contributed by atoms with van der Waals surface area (Å²) in [6.45, 7) is 16.0. The summed E-state index contributed by atoms with van der Waals surface area (Å²) in [7, 11) is 2.03. The molecule has 0 radical (unpaired) electrons. The second-order valence-corrected chi connectivity index (χ2v) is 9.61. The summed E-state index contributed by atoms with van der Waals surface area (Å²) < 4.78 is 25.7. The molecule has 1 fully saturated rings. The van der Waals surface area contributed by atoms with Crippen LogP contribution < -0.4 is 0 Å². The van der Waals surface area contributed by atoms with E-state index < -0.39 is 11.0 Å². The van der Waals surface area contributed by atoms with E-state index in [4.69, 9.17) is 4.11 Å². The third-order valence-corrected chi connectivity index (χ3v) is 8.08. The molecule has 2 rings (SSSR count). The molecule has 154 valence electrons. The van der Waals surface area contributed by atoms with Gasteiger partial charge >= 0.3 is 0 Å². The van der Waals surface area contributed by atoms with Crippen molar-refractivity contribution in [2.45, 2.75) is 78.7 Å². The zero-order chi connectivity index (χ0) is 23.2. The molecule has 0 bridgehead atoms. The molecule has 1 aromatic carbocycles. The van der Waals surface area contributed by atoms with Gasteiger partial charge in [0, 0.05) is 5.41 Å². The summed E-state index contributed by atoms with van der Waals surface area (Å²) in [5.74, 6) is 0.0850. The van der Waals surface area contributed by atoms with Crippen LogP contribution in [0, 0.1) is 24.2 Å².